The van der Waals surface area contributed by atoms with Crippen LogP contribution in [-0.4, -0.2) is 43.3 Å². The second kappa shape index (κ2) is 6.89. The van der Waals surface area contributed by atoms with Crippen LogP contribution in [0.25, 0.3) is 0 Å². The highest BCUT2D eigenvalue weighted by Gasteiger charge is 2.65. The monoisotopic (exact) mass is 404 g/mol. The van der Waals surface area contributed by atoms with Crippen LogP contribution in [0.5, 0.6) is 0 Å². The second-order valence-corrected chi connectivity index (χ2v) is 10.0. The van der Waals surface area contributed by atoms with Crippen LogP contribution in [0.4, 0.5) is 0 Å². The molecule has 4 fully saturated rings. The van der Waals surface area contributed by atoms with Gasteiger partial charge in [-0.3, -0.25) is 9.59 Å². The largest absolute Gasteiger partial charge is 0.463 e. The third kappa shape index (κ3) is 3.02. The Balaban J connectivity index is 1.47. The first kappa shape index (κ1) is 19.7. The highest BCUT2D eigenvalue weighted by Crippen LogP contribution is 2.66. The van der Waals surface area contributed by atoms with Crippen molar-refractivity contribution in [1.29, 1.82) is 0 Å². The first-order valence-corrected chi connectivity index (χ1v) is 11.2. The number of carbonyl (C=O) groups is 2. The van der Waals surface area contributed by atoms with Gasteiger partial charge in [0.1, 0.15) is 12.2 Å². The number of allylic oxidation sites excluding steroid dienone is 1. The average Bonchev–Trinajstić information content (AvgIpc) is 3.36. The quantitative estimate of drug-likeness (QED) is 0.230. The summed E-state index contributed by atoms with van der Waals surface area (Å²) in [5.41, 5.74) is 1.12. The Bertz CT molecular complexity index is 746. The SMILES string of the molecule is CCOOC[C@]12CC[C@H]3[C@@H](C(=O)C=C4[C@@H]5O[C@@H]5CC[C@@]43C)[C@@H]1C[C@@H](OC(C)=O)C2. The minimum Gasteiger partial charge on any atom is -0.463 e. The minimum atomic E-state index is -0.251. The van der Waals surface area contributed by atoms with Crippen LogP contribution in [0.3, 0.4) is 0 Å². The summed E-state index contributed by atoms with van der Waals surface area (Å²) in [6.45, 7) is 6.66. The maximum absolute atomic E-state index is 13.4. The van der Waals surface area contributed by atoms with E-state index in [4.69, 9.17) is 19.2 Å². The number of hydrogen-bond acceptors (Lipinski definition) is 6. The van der Waals surface area contributed by atoms with E-state index < -0.39 is 0 Å². The first-order chi connectivity index (χ1) is 13.9. The van der Waals surface area contributed by atoms with Crippen molar-refractivity contribution in [3.05, 3.63) is 11.6 Å². The molecule has 6 nitrogen and oxygen atoms in total. The number of ether oxygens (including phenoxy) is 2. The summed E-state index contributed by atoms with van der Waals surface area (Å²) in [7, 11) is 0. The van der Waals surface area contributed by atoms with Gasteiger partial charge in [0.25, 0.3) is 0 Å². The fraction of sp³-hybridized carbons (Fsp3) is 0.826. The summed E-state index contributed by atoms with van der Waals surface area (Å²) in [6.07, 6.45) is 7.94. The predicted octanol–water partition coefficient (Wildman–Crippen LogP) is 3.39. The molecule has 3 saturated carbocycles. The van der Waals surface area contributed by atoms with Crippen LogP contribution in [-0.2, 0) is 28.8 Å². The van der Waals surface area contributed by atoms with Crippen LogP contribution in [0.1, 0.15) is 59.3 Å². The molecule has 0 aromatic heterocycles. The highest BCUT2D eigenvalue weighted by molar-refractivity contribution is 5.95. The second-order valence-electron chi connectivity index (χ2n) is 10.0. The maximum Gasteiger partial charge on any atom is 0.302 e. The Labute approximate surface area is 172 Å². The third-order valence-electron chi connectivity index (χ3n) is 8.58. The molecule has 1 heterocycles. The molecule has 0 aromatic rings. The van der Waals surface area contributed by atoms with E-state index in [2.05, 4.69) is 6.92 Å². The molecular weight excluding hydrogens is 372 g/mol. The molecular formula is C23H32O6. The zero-order valence-corrected chi connectivity index (χ0v) is 17.6. The number of esters is 1. The average molecular weight is 405 g/mol. The van der Waals surface area contributed by atoms with Crippen molar-refractivity contribution in [2.75, 3.05) is 13.2 Å². The number of epoxide rings is 1. The zero-order chi connectivity index (χ0) is 20.4. The molecule has 29 heavy (non-hydrogen) atoms. The summed E-state index contributed by atoms with van der Waals surface area (Å²) in [6, 6.07) is 0. The van der Waals surface area contributed by atoms with Gasteiger partial charge >= 0.3 is 5.97 Å². The lowest BCUT2D eigenvalue weighted by Gasteiger charge is -2.55. The molecule has 0 unspecified atom stereocenters. The van der Waals surface area contributed by atoms with Gasteiger partial charge < -0.3 is 9.47 Å². The minimum absolute atomic E-state index is 0.0291. The lowest BCUT2D eigenvalue weighted by molar-refractivity contribution is -0.313. The summed E-state index contributed by atoms with van der Waals surface area (Å²) >= 11 is 0. The van der Waals surface area contributed by atoms with E-state index in [1.807, 2.05) is 13.0 Å². The Kier molecular flexibility index (Phi) is 4.68. The lowest BCUT2D eigenvalue weighted by atomic mass is 9.48. The number of fused-ring (bicyclic) bond motifs is 7. The number of rotatable bonds is 5. The first-order valence-electron chi connectivity index (χ1n) is 11.2. The van der Waals surface area contributed by atoms with Crippen LogP contribution >= 0.6 is 0 Å². The fourth-order valence-corrected chi connectivity index (χ4v) is 7.30. The molecule has 1 aliphatic heterocycles. The summed E-state index contributed by atoms with van der Waals surface area (Å²) in [4.78, 5) is 35.8. The molecule has 0 bridgehead atoms. The van der Waals surface area contributed by atoms with Gasteiger partial charge in [-0.15, -0.1) is 0 Å². The molecule has 5 aliphatic rings. The van der Waals surface area contributed by atoms with Gasteiger partial charge in [-0.25, -0.2) is 9.78 Å². The highest BCUT2D eigenvalue weighted by atomic mass is 17.2. The lowest BCUT2D eigenvalue weighted by Crippen LogP contribution is -2.54. The summed E-state index contributed by atoms with van der Waals surface area (Å²) in [5, 5.41) is 0. The number of hydrogen-bond donors (Lipinski definition) is 0. The van der Waals surface area contributed by atoms with Gasteiger partial charge in [-0.2, -0.15) is 0 Å². The van der Waals surface area contributed by atoms with Crippen molar-refractivity contribution >= 4 is 11.8 Å². The number of ketones is 1. The van der Waals surface area contributed by atoms with Crippen molar-refractivity contribution < 1.29 is 28.8 Å². The summed E-state index contributed by atoms with van der Waals surface area (Å²) in [5.74, 6) is 0.457. The van der Waals surface area contributed by atoms with Gasteiger partial charge in [-0.05, 0) is 74.3 Å². The van der Waals surface area contributed by atoms with Crippen LogP contribution < -0.4 is 0 Å². The van der Waals surface area contributed by atoms with Gasteiger partial charge in [-0.1, -0.05) is 6.92 Å². The molecule has 0 amide bonds. The van der Waals surface area contributed by atoms with Crippen LogP contribution in [0.15, 0.2) is 11.6 Å². The topological polar surface area (TPSA) is 74.4 Å². The van der Waals surface area contributed by atoms with E-state index in [0.29, 0.717) is 25.2 Å². The molecule has 8 atom stereocenters. The summed E-state index contributed by atoms with van der Waals surface area (Å²) < 4.78 is 11.5. The molecule has 4 aliphatic carbocycles. The molecule has 1 saturated heterocycles. The molecule has 160 valence electrons. The van der Waals surface area contributed by atoms with Gasteiger partial charge in [0, 0.05) is 18.3 Å². The normalized spacial score (nSPS) is 47.4. The van der Waals surface area contributed by atoms with E-state index in [-0.39, 0.29) is 46.6 Å². The van der Waals surface area contributed by atoms with Crippen molar-refractivity contribution in [3.8, 4) is 0 Å². The van der Waals surface area contributed by atoms with Gasteiger partial charge in [0.05, 0.1) is 19.3 Å². The van der Waals surface area contributed by atoms with E-state index >= 15 is 0 Å². The van der Waals surface area contributed by atoms with Crippen LogP contribution in [0, 0.1) is 28.6 Å². The Morgan fingerprint density at radius 1 is 1.24 bits per heavy atom. The molecule has 0 spiro atoms. The predicted molar refractivity (Wildman–Crippen MR) is 104 cm³/mol. The van der Waals surface area contributed by atoms with E-state index in [9.17, 15) is 9.59 Å². The van der Waals surface area contributed by atoms with Crippen molar-refractivity contribution in [3.63, 3.8) is 0 Å². The Hall–Kier alpha value is -1.24. The van der Waals surface area contributed by atoms with Crippen LogP contribution in [0.2, 0.25) is 0 Å². The van der Waals surface area contributed by atoms with Gasteiger partial charge in [0.15, 0.2) is 5.78 Å². The van der Waals surface area contributed by atoms with E-state index in [0.717, 1.165) is 38.5 Å². The molecule has 0 aromatic carbocycles. The maximum atomic E-state index is 13.4. The smallest absolute Gasteiger partial charge is 0.302 e. The van der Waals surface area contributed by atoms with E-state index in [1.165, 1.54) is 12.5 Å². The molecule has 5 rings (SSSR count). The number of carbonyl (C=O) groups excluding carboxylic acids is 2. The molecule has 0 radical (unpaired) electrons. The molecule has 6 heteroatoms. The third-order valence-corrected chi connectivity index (χ3v) is 8.58. The van der Waals surface area contributed by atoms with Crippen molar-refractivity contribution in [2.45, 2.75) is 77.6 Å². The van der Waals surface area contributed by atoms with E-state index in [1.54, 1.807) is 0 Å². The Morgan fingerprint density at radius 3 is 2.83 bits per heavy atom. The standard InChI is InChI=1S/C23H32O6/c1-4-26-27-12-23-8-5-15-20(16(23)9-14(11-23)28-13(2)24)18(25)10-17-21-19(29-21)6-7-22(15,17)3/h10,14-16,19-21H,4-9,11-12H2,1-3H3/t14-,15+,16+,19-,20-,21+,22-,23-/m1/s1. The molecule has 0 N–H and O–H groups in total. The van der Waals surface area contributed by atoms with Crippen molar-refractivity contribution in [1.82, 2.24) is 0 Å². The Morgan fingerprint density at radius 2 is 2.07 bits per heavy atom. The van der Waals surface area contributed by atoms with Gasteiger partial charge in [0.2, 0.25) is 0 Å². The zero-order valence-electron chi connectivity index (χ0n) is 17.6. The fourth-order valence-electron chi connectivity index (χ4n) is 7.30. The van der Waals surface area contributed by atoms with Crippen molar-refractivity contribution in [2.24, 2.45) is 28.6 Å².